The summed E-state index contributed by atoms with van der Waals surface area (Å²) in [5, 5.41) is 119. The number of aliphatic hydroxyl groups is 11. The largest absolute Gasteiger partial charge is 0.394 e. The molecular weight excluding hydrogens is 949 g/mol. The van der Waals surface area contributed by atoms with Crippen molar-refractivity contribution in [1.82, 2.24) is 0 Å². The summed E-state index contributed by atoms with van der Waals surface area (Å²) < 4.78 is 61.7. The van der Waals surface area contributed by atoms with E-state index in [1.54, 1.807) is 0 Å². The molecule has 0 amide bonds. The van der Waals surface area contributed by atoms with Gasteiger partial charge in [0.05, 0.1) is 44.2 Å². The van der Waals surface area contributed by atoms with Crippen molar-refractivity contribution in [3.8, 4) is 0 Å². The number of hydrogen-bond acceptors (Lipinski definition) is 21. The molecule has 21 heteroatoms. The van der Waals surface area contributed by atoms with Gasteiger partial charge in [-0.1, -0.05) is 39.3 Å². The van der Waals surface area contributed by atoms with Crippen LogP contribution in [0.15, 0.2) is 11.6 Å². The molecule has 0 aromatic carbocycles. The third-order valence-electron chi connectivity index (χ3n) is 19.8. The minimum atomic E-state index is -1.90. The lowest BCUT2D eigenvalue weighted by molar-refractivity contribution is -0.396. The van der Waals surface area contributed by atoms with E-state index in [9.17, 15) is 56.2 Å². The molecule has 0 bridgehead atoms. The van der Waals surface area contributed by atoms with Gasteiger partial charge in [0.2, 0.25) is 0 Å². The first-order chi connectivity index (χ1) is 34.1. The smallest absolute Gasteiger partial charge is 0.187 e. The maximum atomic E-state index is 11.6. The van der Waals surface area contributed by atoms with Gasteiger partial charge >= 0.3 is 0 Å². The van der Waals surface area contributed by atoms with Crippen LogP contribution in [0.4, 0.5) is 0 Å². The van der Waals surface area contributed by atoms with Crippen molar-refractivity contribution in [2.75, 3.05) is 19.8 Å². The van der Waals surface area contributed by atoms with Crippen LogP contribution in [0.5, 0.6) is 0 Å². The Morgan fingerprint density at radius 1 is 0.583 bits per heavy atom. The van der Waals surface area contributed by atoms with E-state index in [0.717, 1.165) is 51.6 Å². The molecule has 21 nitrogen and oxygen atoms in total. The van der Waals surface area contributed by atoms with E-state index in [4.69, 9.17) is 47.4 Å². The standard InChI is InChI=1S/C51H82O21/c1-20-9-14-51(63-19-20)21(2)32-29(72-51)16-28-26-8-7-24-15-25(10-12-49(24,5)27(26)11-13-50(28,32)6)66-47-43(37(58)34(55)30(17-52)67-47)70-46-41(62)39(60)42(23(4)65-46)69-48-44(38(59)35(56)31(18-53)68-48)71-45-40(61)36(57)33(54)22(3)64-45/h7,20-23,25-48,52-62H,8-19H2,1-6H3. The molecule has 412 valence electrons. The van der Waals surface area contributed by atoms with E-state index in [1.807, 2.05) is 0 Å². The van der Waals surface area contributed by atoms with Gasteiger partial charge in [0.25, 0.3) is 0 Å². The van der Waals surface area contributed by atoms with Crippen molar-refractivity contribution >= 4 is 0 Å². The number of ether oxygens (including phenoxy) is 10. The predicted molar refractivity (Wildman–Crippen MR) is 245 cm³/mol. The second-order valence-electron chi connectivity index (χ2n) is 23.9. The van der Waals surface area contributed by atoms with Crippen LogP contribution in [0.1, 0.15) is 99.3 Å². The van der Waals surface area contributed by atoms with Crippen LogP contribution in [0, 0.1) is 46.3 Å². The zero-order valence-electron chi connectivity index (χ0n) is 42.2. The molecule has 6 aliphatic heterocycles. The minimum Gasteiger partial charge on any atom is -0.394 e. The Bertz CT molecular complexity index is 1910. The Labute approximate surface area is 420 Å². The van der Waals surface area contributed by atoms with Gasteiger partial charge in [0.15, 0.2) is 30.9 Å². The van der Waals surface area contributed by atoms with Crippen molar-refractivity contribution < 1.29 is 104 Å². The Morgan fingerprint density at radius 2 is 1.17 bits per heavy atom. The highest BCUT2D eigenvalue weighted by atomic mass is 16.8. The van der Waals surface area contributed by atoms with E-state index in [-0.39, 0.29) is 23.0 Å². The molecule has 0 aromatic heterocycles. The molecule has 6 saturated heterocycles. The van der Waals surface area contributed by atoms with E-state index >= 15 is 0 Å². The third kappa shape index (κ3) is 9.09. The van der Waals surface area contributed by atoms with Gasteiger partial charge < -0.3 is 104 Å². The van der Waals surface area contributed by atoms with E-state index in [2.05, 4.69) is 33.8 Å². The second kappa shape index (κ2) is 20.6. The second-order valence-corrected chi connectivity index (χ2v) is 23.9. The third-order valence-corrected chi connectivity index (χ3v) is 19.8. The van der Waals surface area contributed by atoms with Gasteiger partial charge in [-0.2, -0.15) is 0 Å². The molecule has 72 heavy (non-hydrogen) atoms. The average molecular weight is 1030 g/mol. The van der Waals surface area contributed by atoms with Crippen LogP contribution < -0.4 is 0 Å². The Morgan fingerprint density at radius 3 is 1.78 bits per heavy atom. The van der Waals surface area contributed by atoms with Crippen molar-refractivity contribution in [1.29, 1.82) is 0 Å². The minimum absolute atomic E-state index is 0.0447. The first-order valence-corrected chi connectivity index (χ1v) is 26.7. The van der Waals surface area contributed by atoms with Crippen LogP contribution in [-0.4, -0.2) is 217 Å². The Hall–Kier alpha value is -1.10. The molecule has 31 atom stereocenters. The van der Waals surface area contributed by atoms with Crippen LogP contribution in [0.3, 0.4) is 0 Å². The lowest BCUT2D eigenvalue weighted by Crippen LogP contribution is -2.67. The van der Waals surface area contributed by atoms with Gasteiger partial charge in [-0.15, -0.1) is 0 Å². The molecule has 3 saturated carbocycles. The van der Waals surface area contributed by atoms with E-state index < -0.39 is 142 Å². The highest BCUT2D eigenvalue weighted by Crippen LogP contribution is 2.71. The number of allylic oxidation sites excluding steroid dienone is 1. The van der Waals surface area contributed by atoms with Gasteiger partial charge in [-0.05, 0) is 106 Å². The summed E-state index contributed by atoms with van der Waals surface area (Å²) in [6.45, 7) is 11.8. The van der Waals surface area contributed by atoms with Crippen LogP contribution in [0.2, 0.25) is 0 Å². The van der Waals surface area contributed by atoms with Crippen molar-refractivity contribution in [2.24, 2.45) is 46.3 Å². The summed E-state index contributed by atoms with van der Waals surface area (Å²) in [5.74, 6) is 2.49. The first-order valence-electron chi connectivity index (χ1n) is 26.7. The first kappa shape index (κ1) is 54.3. The lowest BCUT2D eigenvalue weighted by Gasteiger charge is -2.58. The normalized spacial score (nSPS) is 57.8. The van der Waals surface area contributed by atoms with Crippen molar-refractivity contribution in [3.63, 3.8) is 0 Å². The zero-order valence-corrected chi connectivity index (χ0v) is 42.2. The molecular formula is C51H82O21. The Kier molecular flexibility index (Phi) is 15.5. The molecule has 10 aliphatic rings. The molecule has 6 heterocycles. The summed E-state index contributed by atoms with van der Waals surface area (Å²) in [4.78, 5) is 0. The summed E-state index contributed by atoms with van der Waals surface area (Å²) in [7, 11) is 0. The summed E-state index contributed by atoms with van der Waals surface area (Å²) in [6.07, 6.45) is -20.7. The average Bonchev–Trinajstić information content (AvgIpc) is 3.81. The fourth-order valence-electron chi connectivity index (χ4n) is 15.5. The molecule has 4 aliphatic carbocycles. The van der Waals surface area contributed by atoms with Crippen molar-refractivity contribution in [3.05, 3.63) is 11.6 Å². The monoisotopic (exact) mass is 1030 g/mol. The zero-order chi connectivity index (χ0) is 51.5. The maximum absolute atomic E-state index is 11.6. The summed E-state index contributed by atoms with van der Waals surface area (Å²) in [5.41, 5.74) is 1.46. The topological polar surface area (TPSA) is 315 Å². The van der Waals surface area contributed by atoms with Gasteiger partial charge in [0, 0.05) is 12.3 Å². The highest BCUT2D eigenvalue weighted by molar-refractivity contribution is 5.26. The van der Waals surface area contributed by atoms with Gasteiger partial charge in [-0.25, -0.2) is 0 Å². The molecule has 31 unspecified atom stereocenters. The van der Waals surface area contributed by atoms with Crippen molar-refractivity contribution in [2.45, 2.75) is 240 Å². The SMILES string of the molecule is CC1CCC2(OC1)OC1CC3C4CC=C5CC(OC6OC(CO)C(O)C(O)C6OC6OC(C)C(OC7OC(CO)C(O)C(O)C7OC7OC(C)C(O)C(O)C7O)C(O)C6O)CCC5(C)C4CCC3(C)C1C2C. The van der Waals surface area contributed by atoms with Gasteiger partial charge in [-0.3, -0.25) is 0 Å². The molecule has 1 spiro atoms. The molecule has 0 radical (unpaired) electrons. The fraction of sp³-hybridized carbons (Fsp3) is 0.961. The summed E-state index contributed by atoms with van der Waals surface area (Å²) >= 11 is 0. The van der Waals surface area contributed by atoms with E-state index in [1.165, 1.54) is 19.4 Å². The highest BCUT2D eigenvalue weighted by Gasteiger charge is 2.69. The lowest BCUT2D eigenvalue weighted by atomic mass is 9.47. The Balaban J connectivity index is 0.802. The number of aliphatic hydroxyl groups excluding tert-OH is 11. The van der Waals surface area contributed by atoms with E-state index in [0.29, 0.717) is 48.3 Å². The number of fused-ring (bicyclic) bond motifs is 7. The van der Waals surface area contributed by atoms with Crippen LogP contribution in [0.25, 0.3) is 0 Å². The fourth-order valence-corrected chi connectivity index (χ4v) is 15.5. The molecule has 10 rings (SSSR count). The molecule has 11 N–H and O–H groups in total. The predicted octanol–water partition coefficient (Wildman–Crippen LogP) is -0.934. The molecule has 0 aromatic rings. The molecule has 9 fully saturated rings. The maximum Gasteiger partial charge on any atom is 0.187 e. The number of rotatable bonds is 10. The quantitative estimate of drug-likeness (QED) is 0.118. The van der Waals surface area contributed by atoms with Crippen LogP contribution in [-0.2, 0) is 47.4 Å². The number of hydrogen-bond donors (Lipinski definition) is 11. The van der Waals surface area contributed by atoms with Crippen LogP contribution >= 0.6 is 0 Å². The summed E-state index contributed by atoms with van der Waals surface area (Å²) in [6, 6.07) is 0. The van der Waals surface area contributed by atoms with Gasteiger partial charge in [0.1, 0.15) is 85.5 Å².